The van der Waals surface area contributed by atoms with Gasteiger partial charge in [-0.3, -0.25) is 4.79 Å². The lowest BCUT2D eigenvalue weighted by Crippen LogP contribution is -2.39. The molecule has 38 heavy (non-hydrogen) atoms. The van der Waals surface area contributed by atoms with Crippen LogP contribution in [-0.2, 0) is 0 Å². The zero-order valence-corrected chi connectivity index (χ0v) is 21.9. The van der Waals surface area contributed by atoms with E-state index in [1.54, 1.807) is 4.52 Å². The van der Waals surface area contributed by atoms with Crippen LogP contribution in [0.3, 0.4) is 0 Å². The summed E-state index contributed by atoms with van der Waals surface area (Å²) in [5.41, 5.74) is 3.14. The molecule has 1 amide bonds. The molecule has 2 aromatic heterocycles. The van der Waals surface area contributed by atoms with Gasteiger partial charge in [0.15, 0.2) is 5.65 Å². The highest BCUT2D eigenvalue weighted by molar-refractivity contribution is 5.97. The lowest BCUT2D eigenvalue weighted by molar-refractivity contribution is 0.0598. The predicted octanol–water partition coefficient (Wildman–Crippen LogP) is 4.17. The number of nitrogens with one attached hydrogen (secondary N) is 1. The number of nitrogens with zero attached hydrogens (tertiary/aromatic N) is 5. The fourth-order valence-electron chi connectivity index (χ4n) is 6.22. The number of hydrogen-bond donors (Lipinski definition) is 2. The average molecular weight is 517 g/mol. The van der Waals surface area contributed by atoms with Crippen LogP contribution in [0.1, 0.15) is 72.6 Å². The first-order valence-corrected chi connectivity index (χ1v) is 13.9. The van der Waals surface area contributed by atoms with Crippen LogP contribution >= 0.6 is 0 Å². The zero-order valence-electron chi connectivity index (χ0n) is 21.9. The lowest BCUT2D eigenvalue weighted by Gasteiger charge is -2.35. The van der Waals surface area contributed by atoms with Crippen molar-refractivity contribution in [1.82, 2.24) is 19.5 Å². The van der Waals surface area contributed by atoms with Crippen LogP contribution in [0.5, 0.6) is 5.75 Å². The van der Waals surface area contributed by atoms with Gasteiger partial charge >= 0.3 is 0 Å². The van der Waals surface area contributed by atoms with E-state index in [0.717, 1.165) is 54.8 Å². The van der Waals surface area contributed by atoms with E-state index in [9.17, 15) is 9.90 Å². The van der Waals surface area contributed by atoms with Crippen molar-refractivity contribution >= 4 is 23.6 Å². The summed E-state index contributed by atoms with van der Waals surface area (Å²) in [6.07, 6.45) is 10.2. The number of fused-ring (bicyclic) bond motifs is 1. The number of aliphatic hydroxyl groups excluding tert-OH is 1. The number of carbonyl (C=O) groups excluding carboxylic acids is 1. The van der Waals surface area contributed by atoms with E-state index in [2.05, 4.69) is 0 Å². The van der Waals surface area contributed by atoms with Crippen LogP contribution in [0.4, 0.5) is 5.82 Å². The van der Waals surface area contributed by atoms with E-state index in [4.69, 9.17) is 20.2 Å². The molecule has 9 nitrogen and oxygen atoms in total. The van der Waals surface area contributed by atoms with Crippen molar-refractivity contribution in [2.24, 2.45) is 5.92 Å². The summed E-state index contributed by atoms with van der Waals surface area (Å²) in [6, 6.07) is 9.50. The second kappa shape index (κ2) is 10.4. The summed E-state index contributed by atoms with van der Waals surface area (Å²) in [7, 11) is 0. The van der Waals surface area contributed by atoms with E-state index in [1.165, 1.54) is 19.1 Å². The van der Waals surface area contributed by atoms with E-state index in [1.807, 2.05) is 53.3 Å². The Morgan fingerprint density at radius 2 is 1.92 bits per heavy atom. The molecule has 0 spiro atoms. The van der Waals surface area contributed by atoms with Crippen LogP contribution in [0.15, 0.2) is 36.5 Å². The highest BCUT2D eigenvalue weighted by atomic mass is 16.5. The predicted molar refractivity (Wildman–Crippen MR) is 145 cm³/mol. The standard InChI is InChI=1S/C29H36N6O3/c1-19-16-35-27(31-28(19)33-17-20(15-30)25(36)18-33)14-23(32-35)24-11-6-7-13-34(24)29(37)22-10-4-5-12-26(22)38-21-8-2-3-9-21/h4-5,10,12,14-16,20-21,24-25,30,36H,2-3,6-9,11,13,17-18H2,1H3/t20-,24+,25+/m1/s1. The van der Waals surface area contributed by atoms with E-state index >= 15 is 0 Å². The van der Waals surface area contributed by atoms with Crippen molar-refractivity contribution in [3.05, 3.63) is 53.3 Å². The Morgan fingerprint density at radius 1 is 1.13 bits per heavy atom. The first-order chi connectivity index (χ1) is 18.5. The Hall–Kier alpha value is -3.46. The van der Waals surface area contributed by atoms with E-state index in [-0.39, 0.29) is 24.0 Å². The average Bonchev–Trinajstić information content (AvgIpc) is 3.68. The Morgan fingerprint density at radius 3 is 2.71 bits per heavy atom. The molecule has 3 fully saturated rings. The van der Waals surface area contributed by atoms with Gasteiger partial charge < -0.3 is 25.1 Å². The number of aliphatic hydroxyl groups is 1. The van der Waals surface area contributed by atoms with Crippen molar-refractivity contribution in [2.75, 3.05) is 24.5 Å². The number of amides is 1. The summed E-state index contributed by atoms with van der Waals surface area (Å²) in [5, 5.41) is 22.7. The molecule has 0 unspecified atom stereocenters. The molecule has 1 saturated carbocycles. The summed E-state index contributed by atoms with van der Waals surface area (Å²) >= 11 is 0. The van der Waals surface area contributed by atoms with Crippen molar-refractivity contribution in [2.45, 2.75) is 70.1 Å². The topological polar surface area (TPSA) is 107 Å². The Balaban J connectivity index is 1.28. The Labute approximate surface area is 222 Å². The van der Waals surface area contributed by atoms with Crippen molar-refractivity contribution < 1.29 is 14.6 Å². The molecular weight excluding hydrogens is 480 g/mol. The number of aryl methyl sites for hydroxylation is 1. The second-order valence-corrected chi connectivity index (χ2v) is 11.0. The summed E-state index contributed by atoms with van der Waals surface area (Å²) in [4.78, 5) is 22.8. The van der Waals surface area contributed by atoms with Crippen molar-refractivity contribution in [1.29, 1.82) is 5.41 Å². The summed E-state index contributed by atoms with van der Waals surface area (Å²) in [5.74, 6) is 1.30. The molecule has 0 bridgehead atoms. The number of hydrogen-bond acceptors (Lipinski definition) is 7. The highest BCUT2D eigenvalue weighted by Crippen LogP contribution is 2.35. The maximum Gasteiger partial charge on any atom is 0.258 e. The highest BCUT2D eigenvalue weighted by Gasteiger charge is 2.34. The van der Waals surface area contributed by atoms with Gasteiger partial charge in [0.2, 0.25) is 0 Å². The molecule has 1 aromatic carbocycles. The van der Waals surface area contributed by atoms with Gasteiger partial charge in [-0.25, -0.2) is 9.50 Å². The molecule has 0 radical (unpaired) electrons. The van der Waals surface area contributed by atoms with Crippen LogP contribution in [-0.4, -0.2) is 68.6 Å². The van der Waals surface area contributed by atoms with Gasteiger partial charge in [-0.1, -0.05) is 12.1 Å². The van der Waals surface area contributed by atoms with E-state index in [0.29, 0.717) is 30.9 Å². The SMILES string of the molecule is Cc1cn2nc([C@@H]3CCCCN3C(=O)c3ccccc3OC3CCCC3)cc2nc1N1C[C@@H](C=N)[C@@H](O)C1. The van der Waals surface area contributed by atoms with Gasteiger partial charge in [0.05, 0.1) is 29.5 Å². The normalized spacial score (nSPS) is 24.3. The number of anilines is 1. The summed E-state index contributed by atoms with van der Waals surface area (Å²) < 4.78 is 8.09. The first kappa shape index (κ1) is 24.9. The number of ether oxygens (including phenoxy) is 1. The number of benzene rings is 1. The molecule has 3 aromatic rings. The second-order valence-electron chi connectivity index (χ2n) is 11.0. The molecule has 2 N–H and O–H groups in total. The third kappa shape index (κ3) is 4.64. The minimum Gasteiger partial charge on any atom is -0.490 e. The van der Waals surface area contributed by atoms with Crippen LogP contribution < -0.4 is 9.64 Å². The van der Waals surface area contributed by atoms with Gasteiger partial charge in [-0.05, 0) is 64.0 Å². The molecule has 2 saturated heterocycles. The van der Waals surface area contributed by atoms with Crippen LogP contribution in [0, 0.1) is 18.3 Å². The van der Waals surface area contributed by atoms with Gasteiger partial charge in [0.25, 0.3) is 5.91 Å². The smallest absolute Gasteiger partial charge is 0.258 e. The lowest BCUT2D eigenvalue weighted by atomic mass is 9.98. The third-order valence-corrected chi connectivity index (χ3v) is 8.29. The minimum atomic E-state index is -0.562. The first-order valence-electron chi connectivity index (χ1n) is 13.9. The van der Waals surface area contributed by atoms with Crippen LogP contribution in [0.25, 0.3) is 5.65 Å². The van der Waals surface area contributed by atoms with Crippen molar-refractivity contribution in [3.63, 3.8) is 0 Å². The van der Waals surface area contributed by atoms with Gasteiger partial charge in [0.1, 0.15) is 11.6 Å². The number of rotatable bonds is 6. The zero-order chi connectivity index (χ0) is 26.2. The minimum absolute atomic E-state index is 0.00563. The molecule has 4 heterocycles. The largest absolute Gasteiger partial charge is 0.490 e. The molecule has 3 aliphatic rings. The number of aromatic nitrogens is 3. The molecule has 1 aliphatic carbocycles. The number of para-hydroxylation sites is 1. The number of β-amino-alcohol motifs (C(OH)–C–C–N with tert-alkyl or cyclic N) is 1. The number of piperidine rings is 1. The van der Waals surface area contributed by atoms with Gasteiger partial charge in [0, 0.05) is 49.6 Å². The molecule has 200 valence electrons. The molecule has 6 rings (SSSR count). The third-order valence-electron chi connectivity index (χ3n) is 8.29. The maximum atomic E-state index is 13.9. The van der Waals surface area contributed by atoms with Crippen LogP contribution in [0.2, 0.25) is 0 Å². The molecule has 3 atom stereocenters. The number of carbonyl (C=O) groups is 1. The van der Waals surface area contributed by atoms with E-state index < -0.39 is 6.10 Å². The molecule has 2 aliphatic heterocycles. The fourth-order valence-corrected chi connectivity index (χ4v) is 6.22. The number of likely N-dealkylation sites (tertiary alicyclic amines) is 1. The summed E-state index contributed by atoms with van der Waals surface area (Å²) in [6.45, 7) is 3.70. The fraction of sp³-hybridized carbons (Fsp3) is 0.517. The molecular formula is C29H36N6O3. The van der Waals surface area contributed by atoms with Gasteiger partial charge in [-0.2, -0.15) is 5.10 Å². The molecule has 9 heteroatoms. The van der Waals surface area contributed by atoms with Gasteiger partial charge in [-0.15, -0.1) is 0 Å². The Bertz CT molecular complexity index is 1330. The van der Waals surface area contributed by atoms with Crippen molar-refractivity contribution in [3.8, 4) is 5.75 Å². The maximum absolute atomic E-state index is 13.9. The Kier molecular flexibility index (Phi) is 6.78. The monoisotopic (exact) mass is 516 g/mol. The quantitative estimate of drug-likeness (QED) is 0.476.